The first-order valence-corrected chi connectivity index (χ1v) is 13.2. The van der Waals surface area contributed by atoms with Crippen molar-refractivity contribution in [3.05, 3.63) is 88.5 Å². The van der Waals surface area contributed by atoms with Crippen molar-refractivity contribution < 1.29 is 14.9 Å². The molecule has 4 heteroatoms. The van der Waals surface area contributed by atoms with E-state index in [0.29, 0.717) is 29.9 Å². The lowest BCUT2D eigenvalue weighted by Crippen LogP contribution is -2.28. The summed E-state index contributed by atoms with van der Waals surface area (Å²) < 4.78 is 6.40. The first-order valence-electron chi connectivity index (χ1n) is 13.2. The molecule has 187 valence electrons. The van der Waals surface area contributed by atoms with Gasteiger partial charge in [0.05, 0.1) is 6.61 Å². The van der Waals surface area contributed by atoms with E-state index in [4.69, 9.17) is 4.74 Å². The van der Waals surface area contributed by atoms with Gasteiger partial charge in [0, 0.05) is 5.92 Å². The van der Waals surface area contributed by atoms with E-state index in [-0.39, 0.29) is 16.6 Å². The normalized spacial score (nSPS) is 20.9. The predicted octanol–water partition coefficient (Wildman–Crippen LogP) is 7.49. The van der Waals surface area contributed by atoms with E-state index in [1.807, 2.05) is 18.2 Å². The van der Waals surface area contributed by atoms with E-state index in [1.165, 1.54) is 27.8 Å². The molecule has 36 heavy (non-hydrogen) atoms. The third-order valence-electron chi connectivity index (χ3n) is 8.39. The molecule has 0 spiro atoms. The van der Waals surface area contributed by atoms with E-state index >= 15 is 0 Å². The van der Waals surface area contributed by atoms with Crippen molar-refractivity contribution in [3.63, 3.8) is 0 Å². The maximum absolute atomic E-state index is 10.4. The van der Waals surface area contributed by atoms with E-state index < -0.39 is 0 Å². The van der Waals surface area contributed by atoms with Gasteiger partial charge >= 0.3 is 0 Å². The molecule has 0 saturated heterocycles. The second kappa shape index (κ2) is 9.21. The Morgan fingerprint density at radius 2 is 1.61 bits per heavy atom. The lowest BCUT2D eigenvalue weighted by molar-refractivity contribution is 0.156. The number of fused-ring (bicyclic) bond motifs is 4. The quantitative estimate of drug-likeness (QED) is 0.344. The van der Waals surface area contributed by atoms with Crippen molar-refractivity contribution in [2.24, 2.45) is 11.3 Å². The minimum atomic E-state index is 0.0510. The third kappa shape index (κ3) is 4.87. The lowest BCUT2D eigenvalue weighted by Gasteiger charge is -2.37. The Morgan fingerprint density at radius 1 is 0.861 bits per heavy atom. The number of hydrogen-bond acceptors (Lipinski definition) is 3. The fourth-order valence-corrected chi connectivity index (χ4v) is 6.78. The molecule has 0 heterocycles. The second-order valence-corrected chi connectivity index (χ2v) is 12.4. The van der Waals surface area contributed by atoms with E-state index in [9.17, 15) is 10.2 Å². The second-order valence-electron chi connectivity index (χ2n) is 12.4. The molecular weight excluding hydrogens is 443 g/mol. The number of ether oxygens (including phenoxy) is 1. The Bertz CT molecular complexity index is 1260. The van der Waals surface area contributed by atoms with Gasteiger partial charge in [-0.1, -0.05) is 64.1 Å². The Kier molecular flexibility index (Phi) is 6.35. The first-order chi connectivity index (χ1) is 17.0. The van der Waals surface area contributed by atoms with Crippen molar-refractivity contribution in [1.29, 1.82) is 0 Å². The zero-order chi connectivity index (χ0) is 25.7. The Labute approximate surface area is 216 Å². The van der Waals surface area contributed by atoms with E-state index in [1.54, 1.807) is 6.07 Å². The summed E-state index contributed by atoms with van der Waals surface area (Å²) in [5.74, 6) is 2.49. The number of aromatic hydroxyl groups is 2. The molecule has 5 rings (SSSR count). The average Bonchev–Trinajstić information content (AvgIpc) is 3.17. The summed E-state index contributed by atoms with van der Waals surface area (Å²) in [4.78, 5) is 0. The van der Waals surface area contributed by atoms with Crippen LogP contribution in [-0.4, -0.2) is 24.1 Å². The third-order valence-corrected chi connectivity index (χ3v) is 8.39. The van der Waals surface area contributed by atoms with Crippen LogP contribution < -0.4 is 4.74 Å². The van der Waals surface area contributed by atoms with Crippen LogP contribution in [0.3, 0.4) is 0 Å². The molecule has 0 aliphatic heterocycles. The monoisotopic (exact) mass is 481 g/mol. The van der Waals surface area contributed by atoms with Crippen LogP contribution in [0.4, 0.5) is 0 Å². The Balaban J connectivity index is 1.46. The molecule has 3 aromatic carbocycles. The van der Waals surface area contributed by atoms with Gasteiger partial charge in [-0.2, -0.15) is 0 Å². The van der Waals surface area contributed by atoms with Gasteiger partial charge in [-0.05, 0) is 101 Å². The maximum Gasteiger partial charge on any atom is 0.119 e. The zero-order valence-electron chi connectivity index (χ0n) is 22.2. The molecule has 0 fully saturated rings. The summed E-state index contributed by atoms with van der Waals surface area (Å²) in [6.07, 6.45) is 2.94. The fourth-order valence-electron chi connectivity index (χ4n) is 6.78. The topological polar surface area (TPSA) is 49.7 Å². The van der Waals surface area contributed by atoms with Gasteiger partial charge in [0.2, 0.25) is 0 Å². The summed E-state index contributed by atoms with van der Waals surface area (Å²) >= 11 is 0. The van der Waals surface area contributed by atoms with Gasteiger partial charge in [0.25, 0.3) is 0 Å². The minimum Gasteiger partial charge on any atom is -0.508 e. The molecule has 0 amide bonds. The average molecular weight is 481 g/mol. The maximum atomic E-state index is 10.4. The molecule has 0 bridgehead atoms. The van der Waals surface area contributed by atoms with Gasteiger partial charge < -0.3 is 14.9 Å². The lowest BCUT2D eigenvalue weighted by atomic mass is 9.51. The van der Waals surface area contributed by atoms with E-state index in [2.05, 4.69) is 78.2 Å². The van der Waals surface area contributed by atoms with Gasteiger partial charge in [0.15, 0.2) is 0 Å². The summed E-state index contributed by atoms with van der Waals surface area (Å²) in [6.45, 7) is 11.9. The molecular formula is C32H38BO3. The van der Waals surface area contributed by atoms with Gasteiger partial charge in [-0.3, -0.25) is 0 Å². The Morgan fingerprint density at radius 3 is 2.39 bits per heavy atom. The van der Waals surface area contributed by atoms with E-state index in [0.717, 1.165) is 25.0 Å². The van der Waals surface area contributed by atoms with Crippen LogP contribution in [0.1, 0.15) is 73.8 Å². The van der Waals surface area contributed by atoms with Crippen molar-refractivity contribution in [3.8, 4) is 17.2 Å². The van der Waals surface area contributed by atoms with Crippen LogP contribution in [-0.2, 0) is 12.8 Å². The molecule has 3 atom stereocenters. The largest absolute Gasteiger partial charge is 0.508 e. The summed E-state index contributed by atoms with van der Waals surface area (Å²) in [7, 11) is 2.28. The van der Waals surface area contributed by atoms with Crippen molar-refractivity contribution in [1.82, 2.24) is 0 Å². The summed E-state index contributed by atoms with van der Waals surface area (Å²) in [5.41, 5.74) is 6.39. The standard InChI is InChI=1S/C32H38BO3/c1-31(2,18-32(3,4)33-5)19-36-25-8-6-7-21(14-25)30-27-17-24(35)10-9-20(27)15-28-26-12-11-23(34)13-22(26)16-29(28)30/h6-14,17,28-30,34-35H,15-16,18-19H2,1-5H3/t28-,29?,30+/m0/s1. The van der Waals surface area contributed by atoms with Gasteiger partial charge in [0.1, 0.15) is 24.5 Å². The van der Waals surface area contributed by atoms with Gasteiger partial charge in [-0.15, -0.1) is 0 Å². The first kappa shape index (κ1) is 24.8. The molecule has 2 aliphatic carbocycles. The van der Waals surface area contributed by atoms with Crippen LogP contribution in [0, 0.1) is 11.3 Å². The minimum absolute atomic E-state index is 0.0510. The highest BCUT2D eigenvalue weighted by Gasteiger charge is 2.43. The van der Waals surface area contributed by atoms with Crippen LogP contribution >= 0.6 is 0 Å². The Hall–Kier alpha value is -2.88. The molecule has 3 nitrogen and oxygen atoms in total. The molecule has 1 unspecified atom stereocenters. The number of phenolic OH excluding ortho intramolecular Hbond substituents is 2. The molecule has 0 aromatic heterocycles. The molecule has 1 radical (unpaired) electrons. The summed E-state index contributed by atoms with van der Waals surface area (Å²) in [6, 6.07) is 20.3. The number of benzene rings is 3. The van der Waals surface area contributed by atoms with Crippen molar-refractivity contribution in [2.45, 2.75) is 70.9 Å². The number of phenols is 2. The molecule has 2 aliphatic rings. The van der Waals surface area contributed by atoms with Crippen molar-refractivity contribution in [2.75, 3.05) is 6.61 Å². The number of rotatable bonds is 7. The van der Waals surface area contributed by atoms with Crippen LogP contribution in [0.15, 0.2) is 60.7 Å². The fraction of sp³-hybridized carbons (Fsp3) is 0.438. The summed E-state index contributed by atoms with van der Waals surface area (Å²) in [5, 5.41) is 20.7. The molecule has 3 aromatic rings. The molecule has 0 saturated carbocycles. The highest BCUT2D eigenvalue weighted by Crippen LogP contribution is 2.54. The van der Waals surface area contributed by atoms with Crippen LogP contribution in [0.25, 0.3) is 0 Å². The SMILES string of the molecule is C[B]C(C)(C)CC(C)(C)COc1cccc([C@@H]2c3cc(O)ccc3C[C@H]3c4ccc(O)cc4CC23)c1. The molecule has 2 N–H and O–H groups in total. The highest BCUT2D eigenvalue weighted by molar-refractivity contribution is 6.37. The van der Waals surface area contributed by atoms with Crippen molar-refractivity contribution >= 4 is 7.28 Å². The van der Waals surface area contributed by atoms with Crippen LogP contribution in [0.2, 0.25) is 12.1 Å². The predicted molar refractivity (Wildman–Crippen MR) is 148 cm³/mol. The van der Waals surface area contributed by atoms with Crippen LogP contribution in [0.5, 0.6) is 17.2 Å². The number of hydrogen-bond donors (Lipinski definition) is 2. The smallest absolute Gasteiger partial charge is 0.119 e. The zero-order valence-corrected chi connectivity index (χ0v) is 22.2. The van der Waals surface area contributed by atoms with Gasteiger partial charge in [-0.25, -0.2) is 0 Å². The highest BCUT2D eigenvalue weighted by atomic mass is 16.5.